The van der Waals surface area contributed by atoms with Crippen LogP contribution in [0.25, 0.3) is 0 Å². The molecule has 1 aromatic rings. The lowest BCUT2D eigenvalue weighted by Gasteiger charge is -2.33. The Morgan fingerprint density at radius 3 is 2.55 bits per heavy atom. The van der Waals surface area contributed by atoms with Crippen LogP contribution in [0.15, 0.2) is 12.3 Å². The Bertz CT molecular complexity index is 1050. The smallest absolute Gasteiger partial charge is 0.389 e. The second kappa shape index (κ2) is 15.9. The van der Waals surface area contributed by atoms with Crippen LogP contribution in [0.2, 0.25) is 0 Å². The van der Waals surface area contributed by atoms with Gasteiger partial charge in [-0.2, -0.15) is 13.2 Å². The largest absolute Gasteiger partial charge is 0.493 e. The highest BCUT2D eigenvalue weighted by molar-refractivity contribution is 5.98. The molecule has 0 unspecified atom stereocenters. The minimum atomic E-state index is -4.28. The minimum Gasteiger partial charge on any atom is -0.493 e. The molecule has 1 aromatic heterocycles. The van der Waals surface area contributed by atoms with Gasteiger partial charge in [0.25, 0.3) is 5.91 Å². The molecule has 1 aliphatic heterocycles. The molecule has 42 heavy (non-hydrogen) atoms. The van der Waals surface area contributed by atoms with Gasteiger partial charge < -0.3 is 33.7 Å². The van der Waals surface area contributed by atoms with Gasteiger partial charge in [0.2, 0.25) is 6.79 Å². The first-order chi connectivity index (χ1) is 20.0. The minimum absolute atomic E-state index is 0.0572. The second-order valence-corrected chi connectivity index (χ2v) is 10.3. The van der Waals surface area contributed by atoms with E-state index in [9.17, 15) is 27.6 Å². The van der Waals surface area contributed by atoms with E-state index in [0.29, 0.717) is 12.8 Å². The number of hydrogen-bond donors (Lipinski definition) is 1. The number of methoxy groups -OCH3 is 1. The number of cyclic esters (lactones) is 1. The number of nitrogens with zero attached hydrogens (tertiary/aromatic N) is 1. The van der Waals surface area contributed by atoms with Gasteiger partial charge in [-0.3, -0.25) is 9.59 Å². The molecular formula is C28H39F3N2O9. The van der Waals surface area contributed by atoms with E-state index < -0.39 is 61.6 Å². The van der Waals surface area contributed by atoms with Gasteiger partial charge in [0.05, 0.1) is 19.3 Å². The Balaban J connectivity index is 1.73. The van der Waals surface area contributed by atoms with Crippen molar-refractivity contribution in [1.82, 2.24) is 10.3 Å². The molecule has 11 nitrogen and oxygen atoms in total. The van der Waals surface area contributed by atoms with Crippen LogP contribution in [0.4, 0.5) is 13.2 Å². The monoisotopic (exact) mass is 604 g/mol. The van der Waals surface area contributed by atoms with Crippen LogP contribution in [0.1, 0.15) is 82.1 Å². The van der Waals surface area contributed by atoms with Gasteiger partial charge in [0.15, 0.2) is 17.2 Å². The van der Waals surface area contributed by atoms with Crippen molar-refractivity contribution in [1.29, 1.82) is 0 Å². The number of pyridine rings is 1. The van der Waals surface area contributed by atoms with E-state index >= 15 is 0 Å². The Kier molecular flexibility index (Phi) is 12.6. The highest BCUT2D eigenvalue weighted by atomic mass is 19.4. The zero-order chi connectivity index (χ0) is 30.7. The maximum Gasteiger partial charge on any atom is 0.389 e. The molecule has 1 N–H and O–H groups in total. The van der Waals surface area contributed by atoms with Gasteiger partial charge in [-0.15, -0.1) is 0 Å². The third-order valence-corrected chi connectivity index (χ3v) is 7.06. The molecule has 0 aromatic carbocycles. The topological polar surface area (TPSA) is 132 Å². The highest BCUT2D eigenvalue weighted by Gasteiger charge is 2.38. The van der Waals surface area contributed by atoms with E-state index in [1.807, 2.05) is 0 Å². The van der Waals surface area contributed by atoms with Gasteiger partial charge in [-0.25, -0.2) is 9.78 Å². The molecule has 14 heteroatoms. The van der Waals surface area contributed by atoms with Crippen molar-refractivity contribution in [3.05, 3.63) is 18.0 Å². The predicted octanol–water partition coefficient (Wildman–Crippen LogP) is 4.26. The van der Waals surface area contributed by atoms with Gasteiger partial charge in [-0.05, 0) is 45.4 Å². The van der Waals surface area contributed by atoms with Crippen molar-refractivity contribution in [2.45, 2.75) is 108 Å². The molecule has 2 heterocycles. The maximum absolute atomic E-state index is 13.3. The molecule has 1 aliphatic carbocycles. The standard InChI is InChI=1S/C28H39F3N2O9/c1-17-24(42-19-8-4-5-9-19)22(38-15-7-13-28(29,30)31)11-6-10-20(27(36)41-17)33-26(35)23-25(40-16-39-18(2)34)21(37-3)12-14-32-23/h12,14,17,19-20,22,24H,4-11,13,15-16H2,1-3H3,(H,33,35)/t17-,20-,22-,24-/m0/s1. The maximum atomic E-state index is 13.3. The second-order valence-electron chi connectivity index (χ2n) is 10.3. The van der Waals surface area contributed by atoms with E-state index in [-0.39, 0.29) is 42.7 Å². The molecule has 2 fully saturated rings. The lowest BCUT2D eigenvalue weighted by molar-refractivity contribution is -0.177. The van der Waals surface area contributed by atoms with Crippen molar-refractivity contribution >= 4 is 17.8 Å². The third kappa shape index (κ3) is 10.3. The molecule has 1 saturated carbocycles. The summed E-state index contributed by atoms with van der Waals surface area (Å²) in [6.45, 7) is 2.24. The van der Waals surface area contributed by atoms with Crippen molar-refractivity contribution in [3.8, 4) is 11.5 Å². The van der Waals surface area contributed by atoms with Gasteiger partial charge in [0.1, 0.15) is 18.2 Å². The van der Waals surface area contributed by atoms with Crippen LogP contribution in [0.3, 0.4) is 0 Å². The number of amides is 1. The Hall–Kier alpha value is -3.13. The van der Waals surface area contributed by atoms with Crippen molar-refractivity contribution in [3.63, 3.8) is 0 Å². The summed E-state index contributed by atoms with van der Waals surface area (Å²) in [6.07, 6.45) is -1.62. The number of aromatic nitrogens is 1. The molecule has 3 rings (SSSR count). The number of carbonyl (C=O) groups excluding carboxylic acids is 3. The van der Waals surface area contributed by atoms with Crippen LogP contribution >= 0.6 is 0 Å². The average molecular weight is 605 g/mol. The number of halogens is 3. The molecule has 0 bridgehead atoms. The van der Waals surface area contributed by atoms with Gasteiger partial charge >= 0.3 is 18.1 Å². The zero-order valence-corrected chi connectivity index (χ0v) is 24.1. The van der Waals surface area contributed by atoms with Crippen molar-refractivity contribution < 1.29 is 56.0 Å². The Morgan fingerprint density at radius 1 is 1.14 bits per heavy atom. The number of carbonyl (C=O) groups is 3. The van der Waals surface area contributed by atoms with E-state index in [2.05, 4.69) is 10.3 Å². The number of ether oxygens (including phenoxy) is 6. The predicted molar refractivity (Wildman–Crippen MR) is 141 cm³/mol. The van der Waals surface area contributed by atoms with Gasteiger partial charge in [0, 0.05) is 32.2 Å². The van der Waals surface area contributed by atoms with Crippen LogP contribution in [-0.4, -0.2) is 80.0 Å². The molecule has 1 saturated heterocycles. The van der Waals surface area contributed by atoms with Crippen LogP contribution in [0.5, 0.6) is 11.5 Å². The Morgan fingerprint density at radius 2 is 1.88 bits per heavy atom. The molecule has 4 atom stereocenters. The first-order valence-corrected chi connectivity index (χ1v) is 14.1. The van der Waals surface area contributed by atoms with Crippen LogP contribution < -0.4 is 14.8 Å². The molecular weight excluding hydrogens is 565 g/mol. The lowest BCUT2D eigenvalue weighted by Crippen LogP contribution is -2.46. The first-order valence-electron chi connectivity index (χ1n) is 14.1. The van der Waals surface area contributed by atoms with E-state index in [0.717, 1.165) is 25.7 Å². The number of alkyl halides is 3. The normalized spacial score (nSPS) is 23.7. The number of rotatable bonds is 12. The summed E-state index contributed by atoms with van der Waals surface area (Å²) >= 11 is 0. The fourth-order valence-electron chi connectivity index (χ4n) is 4.99. The fraction of sp³-hybridized carbons (Fsp3) is 0.714. The number of nitrogens with one attached hydrogen (secondary N) is 1. The molecule has 0 spiro atoms. The highest BCUT2D eigenvalue weighted by Crippen LogP contribution is 2.31. The molecule has 236 valence electrons. The summed E-state index contributed by atoms with van der Waals surface area (Å²) in [5.41, 5.74) is -0.199. The Labute approximate surface area is 242 Å². The van der Waals surface area contributed by atoms with Crippen molar-refractivity contribution in [2.75, 3.05) is 20.5 Å². The van der Waals surface area contributed by atoms with E-state index in [1.54, 1.807) is 6.92 Å². The van der Waals surface area contributed by atoms with E-state index in [1.165, 1.54) is 26.3 Å². The quantitative estimate of drug-likeness (QED) is 0.210. The van der Waals surface area contributed by atoms with Crippen LogP contribution in [0, 0.1) is 0 Å². The molecule has 1 amide bonds. The zero-order valence-electron chi connectivity index (χ0n) is 24.1. The summed E-state index contributed by atoms with van der Waals surface area (Å²) < 4.78 is 71.4. The summed E-state index contributed by atoms with van der Waals surface area (Å²) in [6, 6.07) is 0.389. The fourth-order valence-corrected chi connectivity index (χ4v) is 4.99. The van der Waals surface area contributed by atoms with Crippen LogP contribution in [-0.2, 0) is 28.5 Å². The summed E-state index contributed by atoms with van der Waals surface area (Å²) in [5.74, 6) is -1.96. The third-order valence-electron chi connectivity index (χ3n) is 7.06. The SMILES string of the molecule is COc1ccnc(C(=O)N[C@H]2CCC[C@H](OCCCC(F)(F)F)[C@@H](OC3CCCC3)[C@H](C)OC2=O)c1OCOC(C)=O. The summed E-state index contributed by atoms with van der Waals surface area (Å²) in [7, 11) is 1.36. The first kappa shape index (κ1) is 33.4. The number of hydrogen-bond acceptors (Lipinski definition) is 10. The lowest BCUT2D eigenvalue weighted by atomic mass is 10.0. The number of esters is 2. The summed E-state index contributed by atoms with van der Waals surface area (Å²) in [4.78, 5) is 41.7. The summed E-state index contributed by atoms with van der Waals surface area (Å²) in [5, 5.41) is 2.64. The molecule has 2 aliphatic rings. The van der Waals surface area contributed by atoms with E-state index in [4.69, 9.17) is 28.4 Å². The molecule has 0 radical (unpaired) electrons. The van der Waals surface area contributed by atoms with Gasteiger partial charge in [-0.1, -0.05) is 12.8 Å². The average Bonchev–Trinajstić information content (AvgIpc) is 3.45. The van der Waals surface area contributed by atoms with Crippen molar-refractivity contribution in [2.24, 2.45) is 0 Å².